The topological polar surface area (TPSA) is 89.5 Å². The third-order valence-electron chi connectivity index (χ3n) is 4.87. The Hall–Kier alpha value is -3.42. The first-order valence-corrected chi connectivity index (χ1v) is 9.30. The molecular weight excluding hydrogens is 392 g/mol. The van der Waals surface area contributed by atoms with Crippen LogP contribution in [-0.4, -0.2) is 47.0 Å². The highest BCUT2D eigenvalue weighted by Crippen LogP contribution is 2.39. The molecule has 0 aromatic heterocycles. The van der Waals surface area contributed by atoms with Crippen LogP contribution in [-0.2, 0) is 16.0 Å². The first-order valence-electron chi connectivity index (χ1n) is 9.30. The second-order valence-electron chi connectivity index (χ2n) is 6.65. The van der Waals surface area contributed by atoms with Crippen LogP contribution < -0.4 is 23.7 Å². The summed E-state index contributed by atoms with van der Waals surface area (Å²) < 4.78 is 31.6. The summed E-state index contributed by atoms with van der Waals surface area (Å²) >= 11 is 0. The van der Waals surface area contributed by atoms with Crippen molar-refractivity contribution in [3.05, 3.63) is 41.5 Å². The highest BCUT2D eigenvalue weighted by molar-refractivity contribution is 5.98. The summed E-state index contributed by atoms with van der Waals surface area (Å²) in [6.07, 6.45) is 0.239. The molecule has 30 heavy (non-hydrogen) atoms. The predicted octanol–water partition coefficient (Wildman–Crippen LogP) is 3.05. The summed E-state index contributed by atoms with van der Waals surface area (Å²) in [5.41, 5.74) is 1.19. The van der Waals surface area contributed by atoms with Gasteiger partial charge in [-0.25, -0.2) is 0 Å². The van der Waals surface area contributed by atoms with E-state index >= 15 is 0 Å². The van der Waals surface area contributed by atoms with Crippen molar-refractivity contribution in [2.75, 3.05) is 35.2 Å². The average Bonchev–Trinajstić information content (AvgIpc) is 3.25. The third-order valence-corrected chi connectivity index (χ3v) is 4.87. The third kappa shape index (κ3) is 4.42. The minimum absolute atomic E-state index is 0.0248. The molecule has 3 rings (SSSR count). The Morgan fingerprint density at radius 1 is 0.933 bits per heavy atom. The summed E-state index contributed by atoms with van der Waals surface area (Å²) in [7, 11) is 5.85. The summed E-state index contributed by atoms with van der Waals surface area (Å²) in [6.45, 7) is 0.124. The summed E-state index contributed by atoms with van der Waals surface area (Å²) in [6, 6.07) is 8.47. The van der Waals surface area contributed by atoms with Crippen LogP contribution in [0.4, 0.5) is 0 Å². The lowest BCUT2D eigenvalue weighted by molar-refractivity contribution is -0.145. The first kappa shape index (κ1) is 21.3. The van der Waals surface area contributed by atoms with E-state index in [-0.39, 0.29) is 25.4 Å². The molecule has 1 heterocycles. The number of ketones is 1. The molecule has 160 valence electrons. The molecule has 0 bridgehead atoms. The lowest BCUT2D eigenvalue weighted by atomic mass is 9.91. The van der Waals surface area contributed by atoms with Crippen LogP contribution >= 0.6 is 0 Å². The summed E-state index contributed by atoms with van der Waals surface area (Å²) in [5.74, 6) is 1.14. The Bertz CT molecular complexity index is 912. The molecule has 2 aromatic carbocycles. The van der Waals surface area contributed by atoms with E-state index in [9.17, 15) is 9.59 Å². The Labute approximate surface area is 174 Å². The quantitative estimate of drug-likeness (QED) is 0.455. The zero-order chi connectivity index (χ0) is 21.7. The van der Waals surface area contributed by atoms with Gasteiger partial charge >= 0.3 is 5.97 Å². The van der Waals surface area contributed by atoms with E-state index in [0.717, 1.165) is 5.56 Å². The number of carbonyl (C=O) groups excluding carboxylic acids is 2. The number of ether oxygens (including phenoxy) is 6. The molecule has 1 aliphatic rings. The van der Waals surface area contributed by atoms with E-state index in [1.54, 1.807) is 30.3 Å². The standard InChI is InChI=1S/C22H24O8/c1-25-19-8-13(9-20(26-2)21(19)27-3)7-15(22(24)28-4)10-16(23)14-5-6-17-18(11-14)30-12-29-17/h5-6,8-9,11,15H,7,10,12H2,1-4H3. The van der Waals surface area contributed by atoms with Crippen LogP contribution in [0.1, 0.15) is 22.3 Å². The van der Waals surface area contributed by atoms with Crippen molar-refractivity contribution in [1.29, 1.82) is 0 Å². The summed E-state index contributed by atoms with van der Waals surface area (Å²) in [5, 5.41) is 0. The first-order chi connectivity index (χ1) is 14.5. The van der Waals surface area contributed by atoms with Crippen molar-refractivity contribution in [1.82, 2.24) is 0 Å². The largest absolute Gasteiger partial charge is 0.493 e. The number of methoxy groups -OCH3 is 4. The predicted molar refractivity (Wildman–Crippen MR) is 107 cm³/mol. The lowest BCUT2D eigenvalue weighted by Gasteiger charge is -2.17. The lowest BCUT2D eigenvalue weighted by Crippen LogP contribution is -2.22. The highest BCUT2D eigenvalue weighted by atomic mass is 16.7. The molecule has 0 radical (unpaired) electrons. The van der Waals surface area contributed by atoms with Gasteiger partial charge in [0.2, 0.25) is 12.5 Å². The van der Waals surface area contributed by atoms with Crippen molar-refractivity contribution >= 4 is 11.8 Å². The average molecular weight is 416 g/mol. The number of hydrogen-bond acceptors (Lipinski definition) is 8. The second kappa shape index (κ2) is 9.39. The zero-order valence-corrected chi connectivity index (χ0v) is 17.4. The maximum Gasteiger partial charge on any atom is 0.309 e. The zero-order valence-electron chi connectivity index (χ0n) is 17.4. The van der Waals surface area contributed by atoms with Gasteiger partial charge in [0, 0.05) is 12.0 Å². The Morgan fingerprint density at radius 2 is 1.60 bits per heavy atom. The number of benzene rings is 2. The van der Waals surface area contributed by atoms with Gasteiger partial charge in [0.05, 0.1) is 34.4 Å². The fourth-order valence-corrected chi connectivity index (χ4v) is 3.35. The van der Waals surface area contributed by atoms with Gasteiger partial charge < -0.3 is 28.4 Å². The normalized spacial score (nSPS) is 12.8. The van der Waals surface area contributed by atoms with Crippen molar-refractivity contribution in [3.8, 4) is 28.7 Å². The van der Waals surface area contributed by atoms with Crippen LogP contribution in [0.2, 0.25) is 0 Å². The maximum absolute atomic E-state index is 12.8. The molecule has 0 fully saturated rings. The van der Waals surface area contributed by atoms with E-state index in [1.165, 1.54) is 28.4 Å². The number of esters is 1. The number of rotatable bonds is 9. The molecule has 1 unspecified atom stereocenters. The molecular formula is C22H24O8. The van der Waals surface area contributed by atoms with Gasteiger partial charge in [-0.3, -0.25) is 9.59 Å². The van der Waals surface area contributed by atoms with E-state index in [4.69, 9.17) is 28.4 Å². The van der Waals surface area contributed by atoms with Crippen LogP contribution in [0.25, 0.3) is 0 Å². The maximum atomic E-state index is 12.8. The molecule has 0 aliphatic carbocycles. The van der Waals surface area contributed by atoms with Crippen LogP contribution in [0, 0.1) is 5.92 Å². The number of Topliss-reactive ketones (excluding diaryl/α,β-unsaturated/α-hetero) is 1. The van der Waals surface area contributed by atoms with E-state index < -0.39 is 11.9 Å². The molecule has 0 saturated heterocycles. The molecule has 0 spiro atoms. The molecule has 2 aromatic rings. The van der Waals surface area contributed by atoms with Crippen LogP contribution in [0.3, 0.4) is 0 Å². The Balaban J connectivity index is 1.83. The number of carbonyl (C=O) groups is 2. The fourth-order valence-electron chi connectivity index (χ4n) is 3.35. The van der Waals surface area contributed by atoms with Gasteiger partial charge in [-0.2, -0.15) is 0 Å². The van der Waals surface area contributed by atoms with Crippen molar-refractivity contribution in [3.63, 3.8) is 0 Å². The highest BCUT2D eigenvalue weighted by Gasteiger charge is 2.26. The second-order valence-corrected chi connectivity index (χ2v) is 6.65. The molecule has 8 nitrogen and oxygen atoms in total. The molecule has 1 aliphatic heterocycles. The Morgan fingerprint density at radius 3 is 2.20 bits per heavy atom. The van der Waals surface area contributed by atoms with Crippen LogP contribution in [0.5, 0.6) is 28.7 Å². The number of fused-ring (bicyclic) bond motifs is 1. The van der Waals surface area contributed by atoms with Gasteiger partial charge in [0.15, 0.2) is 28.8 Å². The van der Waals surface area contributed by atoms with Gasteiger partial charge in [-0.15, -0.1) is 0 Å². The SMILES string of the molecule is COC(=O)C(CC(=O)c1ccc2c(c1)OCO2)Cc1cc(OC)c(OC)c(OC)c1. The van der Waals surface area contributed by atoms with Gasteiger partial charge in [0.1, 0.15) is 0 Å². The van der Waals surface area contributed by atoms with E-state index in [2.05, 4.69) is 0 Å². The fraction of sp³-hybridized carbons (Fsp3) is 0.364. The van der Waals surface area contributed by atoms with Crippen LogP contribution in [0.15, 0.2) is 30.3 Å². The minimum atomic E-state index is -0.685. The molecule has 0 saturated carbocycles. The van der Waals surface area contributed by atoms with Crippen molar-refractivity contribution in [2.45, 2.75) is 12.8 Å². The smallest absolute Gasteiger partial charge is 0.309 e. The van der Waals surface area contributed by atoms with Gasteiger partial charge in [-0.1, -0.05) is 0 Å². The molecule has 8 heteroatoms. The van der Waals surface area contributed by atoms with Crippen molar-refractivity contribution in [2.24, 2.45) is 5.92 Å². The van der Waals surface area contributed by atoms with Crippen molar-refractivity contribution < 1.29 is 38.0 Å². The number of hydrogen-bond donors (Lipinski definition) is 0. The van der Waals surface area contributed by atoms with E-state index in [0.29, 0.717) is 34.3 Å². The van der Waals surface area contributed by atoms with E-state index in [1.807, 2.05) is 0 Å². The molecule has 1 atom stereocenters. The monoisotopic (exact) mass is 416 g/mol. The van der Waals surface area contributed by atoms with Gasteiger partial charge in [-0.05, 0) is 42.3 Å². The molecule has 0 amide bonds. The summed E-state index contributed by atoms with van der Waals surface area (Å²) in [4.78, 5) is 25.2. The van der Waals surface area contributed by atoms with Gasteiger partial charge in [0.25, 0.3) is 0 Å². The Kier molecular flexibility index (Phi) is 6.66. The molecule has 0 N–H and O–H groups in total. The minimum Gasteiger partial charge on any atom is -0.493 e.